The predicted molar refractivity (Wildman–Crippen MR) is 163 cm³/mol. The summed E-state index contributed by atoms with van der Waals surface area (Å²) < 4.78 is 16.1. The van der Waals surface area contributed by atoms with Gasteiger partial charge in [0.25, 0.3) is 5.91 Å². The summed E-state index contributed by atoms with van der Waals surface area (Å²) in [5.74, 6) is -1.82. The van der Waals surface area contributed by atoms with E-state index in [0.29, 0.717) is 16.6 Å². The number of amides is 3. The standard InChI is InChI=1S/C32H26FN9O3/c33-22-12-27(32(45)39-23-10-21(13-35-15-23)29-24-3-1-2-18(24)6-8-36-29)41(16-22)28(43)17-42-26-5-4-19(20-7-9-37-38-14-20)11-25(26)30(40-42)31(34)44/h1,3-11,13-15,22,27H,2,12,16-17H2,(H2,34,44)(H,39,45). The van der Waals surface area contributed by atoms with Crippen molar-refractivity contribution in [3.63, 3.8) is 0 Å². The molecule has 12 nitrogen and oxygen atoms in total. The van der Waals surface area contributed by atoms with Crippen molar-refractivity contribution in [1.82, 2.24) is 34.8 Å². The molecule has 1 fully saturated rings. The van der Waals surface area contributed by atoms with Gasteiger partial charge in [-0.1, -0.05) is 18.2 Å². The second-order valence-electron chi connectivity index (χ2n) is 10.9. The molecule has 45 heavy (non-hydrogen) atoms. The van der Waals surface area contributed by atoms with Crippen LogP contribution in [0.5, 0.6) is 0 Å². The smallest absolute Gasteiger partial charge is 0.269 e. The van der Waals surface area contributed by atoms with Crippen LogP contribution in [0.4, 0.5) is 10.1 Å². The molecule has 2 unspecified atom stereocenters. The van der Waals surface area contributed by atoms with E-state index in [1.54, 1.807) is 55.1 Å². The molecule has 0 radical (unpaired) electrons. The normalized spacial score (nSPS) is 17.0. The maximum absolute atomic E-state index is 14.7. The number of nitrogens with one attached hydrogen (secondary N) is 1. The number of carbonyl (C=O) groups excluding carboxylic acids is 3. The molecule has 13 heteroatoms. The van der Waals surface area contributed by atoms with Gasteiger partial charge in [0, 0.05) is 40.9 Å². The largest absolute Gasteiger partial charge is 0.364 e. The number of pyridine rings is 2. The second kappa shape index (κ2) is 11.3. The van der Waals surface area contributed by atoms with E-state index in [-0.39, 0.29) is 25.2 Å². The Morgan fingerprint density at radius 3 is 2.71 bits per heavy atom. The number of fused-ring (bicyclic) bond motifs is 2. The second-order valence-corrected chi connectivity index (χ2v) is 10.9. The molecule has 4 aromatic heterocycles. The van der Waals surface area contributed by atoms with E-state index in [2.05, 4.69) is 36.7 Å². The maximum Gasteiger partial charge on any atom is 0.269 e. The van der Waals surface area contributed by atoms with Crippen LogP contribution >= 0.6 is 0 Å². The highest BCUT2D eigenvalue weighted by Crippen LogP contribution is 2.31. The van der Waals surface area contributed by atoms with Gasteiger partial charge in [-0.25, -0.2) is 4.39 Å². The van der Waals surface area contributed by atoms with Gasteiger partial charge in [0.1, 0.15) is 18.8 Å². The SMILES string of the molecule is NC(=O)c1nn(CC(=O)N2CC(F)CC2C(=O)Nc2cncc(-c3nccc4c3C=CC4)c2)c2ccc(-c3ccnnc3)cc12. The molecule has 2 aliphatic rings. The Kier molecular flexibility index (Phi) is 7.04. The van der Waals surface area contributed by atoms with Gasteiger partial charge in [0.05, 0.1) is 42.0 Å². The fraction of sp³-hybridized carbons (Fsp3) is 0.188. The van der Waals surface area contributed by atoms with E-state index in [0.717, 1.165) is 39.9 Å². The molecule has 2 atom stereocenters. The highest BCUT2D eigenvalue weighted by Gasteiger charge is 2.40. The van der Waals surface area contributed by atoms with Crippen LogP contribution in [-0.2, 0) is 22.6 Å². The van der Waals surface area contributed by atoms with E-state index >= 15 is 0 Å². The van der Waals surface area contributed by atoms with Gasteiger partial charge < -0.3 is 16.0 Å². The van der Waals surface area contributed by atoms with E-state index in [9.17, 15) is 18.8 Å². The van der Waals surface area contributed by atoms with Crippen molar-refractivity contribution in [2.24, 2.45) is 5.73 Å². The molecule has 7 rings (SSSR count). The fourth-order valence-corrected chi connectivity index (χ4v) is 5.92. The van der Waals surface area contributed by atoms with Crippen LogP contribution in [-0.4, -0.2) is 71.3 Å². The first-order chi connectivity index (χ1) is 21.9. The lowest BCUT2D eigenvalue weighted by Gasteiger charge is -2.23. The third-order valence-electron chi connectivity index (χ3n) is 8.04. The van der Waals surface area contributed by atoms with Crippen LogP contribution in [0.2, 0.25) is 0 Å². The van der Waals surface area contributed by atoms with Gasteiger partial charge in [0.2, 0.25) is 11.8 Å². The molecule has 1 aliphatic heterocycles. The summed E-state index contributed by atoms with van der Waals surface area (Å²) in [5, 5.41) is 15.2. The van der Waals surface area contributed by atoms with Gasteiger partial charge >= 0.3 is 0 Å². The number of hydrogen-bond donors (Lipinski definition) is 2. The number of nitrogens with zero attached hydrogens (tertiary/aromatic N) is 7. The lowest BCUT2D eigenvalue weighted by molar-refractivity contribution is -0.137. The average molecular weight is 604 g/mol. The molecule has 1 aromatic carbocycles. The van der Waals surface area contributed by atoms with Crippen LogP contribution < -0.4 is 11.1 Å². The number of hydrogen-bond acceptors (Lipinski definition) is 8. The summed E-state index contributed by atoms with van der Waals surface area (Å²) in [5.41, 5.74) is 11.6. The molecule has 1 saturated heterocycles. The summed E-state index contributed by atoms with van der Waals surface area (Å²) in [6, 6.07) is 9.70. The molecule has 3 N–H and O–H groups in total. The number of carbonyl (C=O) groups is 3. The number of benzene rings is 1. The summed E-state index contributed by atoms with van der Waals surface area (Å²) in [7, 11) is 0. The Labute approximate surface area is 255 Å². The van der Waals surface area contributed by atoms with Crippen LogP contribution in [0.1, 0.15) is 28.0 Å². The molecular weight excluding hydrogens is 577 g/mol. The van der Waals surface area contributed by atoms with E-state index in [1.165, 1.54) is 15.8 Å². The Morgan fingerprint density at radius 2 is 1.89 bits per heavy atom. The first-order valence-electron chi connectivity index (χ1n) is 14.3. The van der Waals surface area contributed by atoms with Crippen molar-refractivity contribution < 1.29 is 18.8 Å². The van der Waals surface area contributed by atoms with Gasteiger partial charge in [-0.15, -0.1) is 0 Å². The molecule has 0 bridgehead atoms. The quantitative estimate of drug-likeness (QED) is 0.287. The van der Waals surface area contributed by atoms with Crippen molar-refractivity contribution in [3.05, 3.63) is 90.3 Å². The van der Waals surface area contributed by atoms with Crippen LogP contribution in [0.25, 0.3) is 39.4 Å². The fourth-order valence-electron chi connectivity index (χ4n) is 5.92. The Morgan fingerprint density at radius 1 is 1.00 bits per heavy atom. The number of nitrogens with two attached hydrogens (primary N) is 1. The minimum Gasteiger partial charge on any atom is -0.364 e. The zero-order chi connectivity index (χ0) is 31.1. The molecule has 0 spiro atoms. The lowest BCUT2D eigenvalue weighted by atomic mass is 10.0. The Hall–Kier alpha value is -5.85. The highest BCUT2D eigenvalue weighted by atomic mass is 19.1. The maximum atomic E-state index is 14.7. The zero-order valence-corrected chi connectivity index (χ0v) is 23.8. The highest BCUT2D eigenvalue weighted by molar-refractivity contribution is 6.05. The minimum atomic E-state index is -1.39. The monoisotopic (exact) mass is 603 g/mol. The number of likely N-dealkylation sites (tertiary alicyclic amines) is 1. The van der Waals surface area contributed by atoms with Gasteiger partial charge in [-0.2, -0.15) is 15.3 Å². The van der Waals surface area contributed by atoms with Crippen molar-refractivity contribution in [2.45, 2.75) is 31.6 Å². The van der Waals surface area contributed by atoms with E-state index < -0.39 is 29.9 Å². The summed E-state index contributed by atoms with van der Waals surface area (Å²) in [6.45, 7) is -0.575. The number of halogens is 1. The van der Waals surface area contributed by atoms with Gasteiger partial charge in [-0.05, 0) is 47.9 Å². The predicted octanol–water partition coefficient (Wildman–Crippen LogP) is 3.20. The summed E-state index contributed by atoms with van der Waals surface area (Å²) in [6.07, 6.45) is 11.4. The lowest BCUT2D eigenvalue weighted by Crippen LogP contribution is -2.44. The number of alkyl halides is 1. The Bertz CT molecular complexity index is 2010. The third kappa shape index (κ3) is 5.28. The molecule has 0 saturated carbocycles. The molecule has 1 aliphatic carbocycles. The summed E-state index contributed by atoms with van der Waals surface area (Å²) in [4.78, 5) is 49.2. The van der Waals surface area contributed by atoms with Crippen molar-refractivity contribution in [3.8, 4) is 22.4 Å². The van der Waals surface area contributed by atoms with Crippen LogP contribution in [0, 0.1) is 0 Å². The summed E-state index contributed by atoms with van der Waals surface area (Å²) >= 11 is 0. The number of anilines is 1. The molecule has 224 valence electrons. The number of allylic oxidation sites excluding steroid dienone is 1. The van der Waals surface area contributed by atoms with Gasteiger partial charge in [-0.3, -0.25) is 29.0 Å². The number of primary amides is 1. The van der Waals surface area contributed by atoms with E-state index in [4.69, 9.17) is 5.73 Å². The molecule has 5 aromatic rings. The number of aromatic nitrogens is 6. The molecule has 3 amide bonds. The first-order valence-corrected chi connectivity index (χ1v) is 14.3. The molecule has 5 heterocycles. The van der Waals surface area contributed by atoms with Gasteiger partial charge in [0.15, 0.2) is 5.69 Å². The van der Waals surface area contributed by atoms with Crippen LogP contribution in [0.3, 0.4) is 0 Å². The third-order valence-corrected chi connectivity index (χ3v) is 8.04. The first kappa shape index (κ1) is 28.0. The average Bonchev–Trinajstić information content (AvgIpc) is 3.78. The topological polar surface area (TPSA) is 162 Å². The van der Waals surface area contributed by atoms with E-state index in [1.807, 2.05) is 12.1 Å². The Balaban J connectivity index is 1.12. The van der Waals surface area contributed by atoms with Crippen LogP contribution in [0.15, 0.2) is 73.5 Å². The number of rotatable bonds is 7. The zero-order valence-electron chi connectivity index (χ0n) is 23.8. The van der Waals surface area contributed by atoms with Crippen molar-refractivity contribution >= 4 is 40.4 Å². The van der Waals surface area contributed by atoms with Crippen molar-refractivity contribution in [2.75, 3.05) is 11.9 Å². The minimum absolute atomic E-state index is 0.0119. The van der Waals surface area contributed by atoms with Crippen molar-refractivity contribution in [1.29, 1.82) is 0 Å². The molecular formula is C32H26FN9O3.